The molecule has 0 heterocycles. The summed E-state index contributed by atoms with van der Waals surface area (Å²) in [6, 6.07) is -0.885. The topological polar surface area (TPSA) is 131 Å². The molecule has 0 radical (unpaired) electrons. The number of nitrogens with two attached hydrogens (primary N) is 1. The summed E-state index contributed by atoms with van der Waals surface area (Å²) in [5.74, 6) is -0.222. The number of aliphatic hydroxyl groups excluding tert-OH is 1. The summed E-state index contributed by atoms with van der Waals surface area (Å²) in [5, 5.41) is 13.5. The van der Waals surface area contributed by atoms with Gasteiger partial charge in [0.2, 0.25) is 5.91 Å². The van der Waals surface area contributed by atoms with Crippen molar-refractivity contribution in [3.05, 3.63) is 48.6 Å². The standard InChI is InChI=1S/C36H67N2O6P/c1-3-5-7-9-11-13-15-16-17-18-20-22-24-26-28-30-36(40)38-34(33-44-45(41,42)43-32-31-37)35(39)29-27-25-23-21-19-14-12-10-8-6-4-2/h8,10,16-17,19,21,27,29,34-35,39H,3-7,9,11-15,18,20,22-26,28,30-33,37H2,1-2H3,(H,38,40)(H,41,42)/b10-8+,17-16-,21-19+,29-27+. The number of hydrogen-bond donors (Lipinski definition) is 4. The lowest BCUT2D eigenvalue weighted by Crippen LogP contribution is -2.45. The van der Waals surface area contributed by atoms with E-state index in [0.717, 1.165) is 70.6 Å². The zero-order chi connectivity index (χ0) is 33.3. The predicted molar refractivity (Wildman–Crippen MR) is 189 cm³/mol. The van der Waals surface area contributed by atoms with Gasteiger partial charge in [-0.1, -0.05) is 120 Å². The molecule has 5 N–H and O–H groups in total. The second kappa shape index (κ2) is 32.4. The van der Waals surface area contributed by atoms with Crippen molar-refractivity contribution in [2.24, 2.45) is 5.73 Å². The van der Waals surface area contributed by atoms with Gasteiger partial charge in [-0.2, -0.15) is 0 Å². The number of nitrogens with one attached hydrogen (secondary N) is 1. The van der Waals surface area contributed by atoms with Crippen molar-refractivity contribution in [3.63, 3.8) is 0 Å². The Morgan fingerprint density at radius 2 is 1.22 bits per heavy atom. The highest BCUT2D eigenvalue weighted by atomic mass is 31.2. The largest absolute Gasteiger partial charge is 0.472 e. The second-order valence-electron chi connectivity index (χ2n) is 11.7. The first-order chi connectivity index (χ1) is 21.9. The minimum absolute atomic E-state index is 0.0688. The smallest absolute Gasteiger partial charge is 0.387 e. The maximum Gasteiger partial charge on any atom is 0.472 e. The van der Waals surface area contributed by atoms with Crippen molar-refractivity contribution < 1.29 is 28.4 Å². The van der Waals surface area contributed by atoms with E-state index in [0.29, 0.717) is 6.42 Å². The van der Waals surface area contributed by atoms with Crippen molar-refractivity contribution in [1.82, 2.24) is 5.32 Å². The van der Waals surface area contributed by atoms with Crippen molar-refractivity contribution in [3.8, 4) is 0 Å². The molecule has 0 aliphatic rings. The molecule has 0 aromatic heterocycles. The monoisotopic (exact) mass is 654 g/mol. The molecule has 0 saturated carbocycles. The summed E-state index contributed by atoms with van der Waals surface area (Å²) in [7, 11) is -4.34. The fourth-order valence-corrected chi connectivity index (χ4v) is 5.39. The molecule has 0 saturated heterocycles. The number of hydrogen-bond acceptors (Lipinski definition) is 6. The van der Waals surface area contributed by atoms with E-state index in [2.05, 4.69) is 55.6 Å². The van der Waals surface area contributed by atoms with Crippen LogP contribution in [-0.4, -0.2) is 47.8 Å². The van der Waals surface area contributed by atoms with E-state index < -0.39 is 20.0 Å². The normalized spacial score (nSPS) is 15.0. The maximum absolute atomic E-state index is 12.6. The van der Waals surface area contributed by atoms with Crippen LogP contribution in [0.5, 0.6) is 0 Å². The first kappa shape index (κ1) is 43.5. The third-order valence-corrected chi connectivity index (χ3v) is 8.32. The molecule has 0 aliphatic carbocycles. The Bertz CT molecular complexity index is 845. The number of phosphoric acid groups is 1. The lowest BCUT2D eigenvalue weighted by atomic mass is 10.1. The van der Waals surface area contributed by atoms with Gasteiger partial charge in [0.25, 0.3) is 0 Å². The van der Waals surface area contributed by atoms with Crippen LogP contribution in [0.1, 0.15) is 142 Å². The molecule has 9 heteroatoms. The number of rotatable bonds is 32. The van der Waals surface area contributed by atoms with Gasteiger partial charge in [0.05, 0.1) is 25.4 Å². The lowest BCUT2D eigenvalue weighted by Gasteiger charge is -2.23. The van der Waals surface area contributed by atoms with Gasteiger partial charge in [0.1, 0.15) is 0 Å². The lowest BCUT2D eigenvalue weighted by molar-refractivity contribution is -0.123. The number of carbonyl (C=O) groups excluding carboxylic acids is 1. The van der Waals surface area contributed by atoms with E-state index in [1.807, 2.05) is 6.08 Å². The van der Waals surface area contributed by atoms with E-state index in [9.17, 15) is 19.4 Å². The molecule has 0 aromatic carbocycles. The van der Waals surface area contributed by atoms with Crippen LogP contribution in [0.3, 0.4) is 0 Å². The Kier molecular flexibility index (Phi) is 31.3. The third kappa shape index (κ3) is 30.9. The van der Waals surface area contributed by atoms with Crippen LogP contribution >= 0.6 is 7.82 Å². The summed E-state index contributed by atoms with van der Waals surface area (Å²) >= 11 is 0. The Balaban J connectivity index is 4.42. The van der Waals surface area contributed by atoms with Crippen LogP contribution in [0.25, 0.3) is 0 Å². The van der Waals surface area contributed by atoms with Gasteiger partial charge in [0.15, 0.2) is 0 Å². The van der Waals surface area contributed by atoms with Gasteiger partial charge in [-0.3, -0.25) is 13.8 Å². The van der Waals surface area contributed by atoms with Gasteiger partial charge in [-0.05, 0) is 64.2 Å². The van der Waals surface area contributed by atoms with Crippen LogP contribution < -0.4 is 11.1 Å². The Labute approximate surface area is 275 Å². The molecule has 262 valence electrons. The van der Waals surface area contributed by atoms with Crippen molar-refractivity contribution in [2.45, 2.75) is 154 Å². The zero-order valence-electron chi connectivity index (χ0n) is 28.6. The van der Waals surface area contributed by atoms with E-state index in [-0.39, 0.29) is 25.7 Å². The molecule has 0 rings (SSSR count). The Morgan fingerprint density at radius 1 is 0.711 bits per heavy atom. The Morgan fingerprint density at radius 3 is 1.80 bits per heavy atom. The summed E-state index contributed by atoms with van der Waals surface area (Å²) in [6.45, 7) is 3.98. The average Bonchev–Trinajstić information content (AvgIpc) is 3.02. The number of phosphoric ester groups is 1. The quantitative estimate of drug-likeness (QED) is 0.0323. The number of unbranched alkanes of at least 4 members (excludes halogenated alkanes) is 14. The highest BCUT2D eigenvalue weighted by Crippen LogP contribution is 2.43. The molecule has 8 nitrogen and oxygen atoms in total. The van der Waals surface area contributed by atoms with E-state index >= 15 is 0 Å². The van der Waals surface area contributed by atoms with Gasteiger partial charge in [0, 0.05) is 13.0 Å². The van der Waals surface area contributed by atoms with Gasteiger partial charge >= 0.3 is 7.82 Å². The summed E-state index contributed by atoms with van der Waals surface area (Å²) in [5.41, 5.74) is 5.34. The molecule has 0 bridgehead atoms. The Hall–Kier alpha value is -1.54. The van der Waals surface area contributed by atoms with E-state index in [1.54, 1.807) is 6.08 Å². The van der Waals surface area contributed by atoms with Crippen LogP contribution in [0, 0.1) is 0 Å². The summed E-state index contributed by atoms with van der Waals surface area (Å²) < 4.78 is 21.9. The van der Waals surface area contributed by atoms with Crippen LogP contribution in [0.4, 0.5) is 0 Å². The highest BCUT2D eigenvalue weighted by Gasteiger charge is 2.26. The SMILES string of the molecule is CCC/C=C/CC/C=C/CC/C=C/C(O)C(COP(=O)(O)OCCN)NC(=O)CCCCCCC/C=C\CCCCCCCC. The first-order valence-corrected chi connectivity index (χ1v) is 19.3. The minimum atomic E-state index is -4.34. The van der Waals surface area contributed by atoms with Gasteiger partial charge < -0.3 is 21.1 Å². The van der Waals surface area contributed by atoms with Gasteiger partial charge in [-0.25, -0.2) is 4.57 Å². The summed E-state index contributed by atoms with van der Waals surface area (Å²) in [4.78, 5) is 22.5. The number of aliphatic hydroxyl groups is 1. The minimum Gasteiger partial charge on any atom is -0.387 e. The van der Waals surface area contributed by atoms with Crippen molar-refractivity contribution in [1.29, 1.82) is 0 Å². The number of amides is 1. The molecule has 0 aliphatic heterocycles. The van der Waals surface area contributed by atoms with E-state index in [4.69, 9.17) is 14.8 Å². The zero-order valence-corrected chi connectivity index (χ0v) is 29.5. The second-order valence-corrected chi connectivity index (χ2v) is 13.2. The summed E-state index contributed by atoms with van der Waals surface area (Å²) in [6.07, 6.45) is 37.3. The number of carbonyl (C=O) groups is 1. The molecular weight excluding hydrogens is 587 g/mol. The van der Waals surface area contributed by atoms with Crippen molar-refractivity contribution in [2.75, 3.05) is 19.8 Å². The molecular formula is C36H67N2O6P. The first-order valence-electron chi connectivity index (χ1n) is 17.8. The predicted octanol–water partition coefficient (Wildman–Crippen LogP) is 8.99. The van der Waals surface area contributed by atoms with Crippen LogP contribution in [-0.2, 0) is 18.4 Å². The molecule has 0 fully saturated rings. The van der Waals surface area contributed by atoms with Crippen LogP contribution in [0.2, 0.25) is 0 Å². The van der Waals surface area contributed by atoms with Gasteiger partial charge in [-0.15, -0.1) is 0 Å². The fourth-order valence-electron chi connectivity index (χ4n) is 4.63. The molecule has 3 atom stereocenters. The maximum atomic E-state index is 12.6. The fraction of sp³-hybridized carbons (Fsp3) is 0.750. The molecule has 1 amide bonds. The van der Waals surface area contributed by atoms with Crippen LogP contribution in [0.15, 0.2) is 48.6 Å². The molecule has 0 aromatic rings. The molecule has 0 spiro atoms. The molecule has 3 unspecified atom stereocenters. The van der Waals surface area contributed by atoms with Crippen molar-refractivity contribution >= 4 is 13.7 Å². The number of allylic oxidation sites excluding steroid dienone is 7. The third-order valence-electron chi connectivity index (χ3n) is 7.34. The van der Waals surface area contributed by atoms with E-state index in [1.165, 1.54) is 51.4 Å². The molecule has 45 heavy (non-hydrogen) atoms. The average molecular weight is 655 g/mol. The highest BCUT2D eigenvalue weighted by molar-refractivity contribution is 7.47.